The molecule has 1 aromatic carbocycles. The van der Waals surface area contributed by atoms with Crippen LogP contribution in [-0.2, 0) is 21.9 Å². The maximum Gasteiger partial charge on any atom is 2.00 e. The van der Waals surface area contributed by atoms with Crippen LogP contribution in [0.4, 0.5) is 0 Å². The maximum atomic E-state index is 7.75. The normalized spacial score (nSPS) is 5.50. The van der Waals surface area contributed by atoms with Crippen molar-refractivity contribution in [2.75, 3.05) is 0 Å². The van der Waals surface area contributed by atoms with Gasteiger partial charge < -0.3 is 4.79 Å². The Morgan fingerprint density at radius 1 is 1.12 bits per heavy atom. The first kappa shape index (κ1) is 10.5. The number of rotatable bonds is 0. The molecule has 0 spiro atoms. The van der Waals surface area contributed by atoms with E-state index in [1.165, 1.54) is 0 Å². The summed E-state index contributed by atoms with van der Waals surface area (Å²) in [4.78, 5) is 7.75. The van der Waals surface area contributed by atoms with E-state index in [4.69, 9.17) is 4.79 Å². The zero-order valence-electron chi connectivity index (χ0n) is 4.23. The van der Waals surface area contributed by atoms with Crippen molar-refractivity contribution >= 4 is 6.79 Å². The molecule has 0 aromatic heterocycles. The molecule has 2 heteroatoms. The second kappa shape index (κ2) is 9.74. The Kier molecular flexibility index (Phi) is 12.8. The number of hydrogen-bond donors (Lipinski definition) is 0. The SMILES string of the molecule is [CH-]=O.[Fe+2].c1cc[cH-]c1. The van der Waals surface area contributed by atoms with Gasteiger partial charge in [-0.25, -0.2) is 12.1 Å². The molecule has 0 atom stereocenters. The molecule has 0 radical (unpaired) electrons. The maximum absolute atomic E-state index is 7.75. The third kappa shape index (κ3) is 5.54. The molecule has 0 fully saturated rings. The molecular formula is C6H6FeO. The fraction of sp³-hybridized carbons (Fsp3) is 0. The fourth-order valence-electron chi connectivity index (χ4n) is 0.321. The zero-order valence-corrected chi connectivity index (χ0v) is 5.33. The topological polar surface area (TPSA) is 17.1 Å². The summed E-state index contributed by atoms with van der Waals surface area (Å²) in [5, 5.41) is 0. The summed E-state index contributed by atoms with van der Waals surface area (Å²) in [6.07, 6.45) is 0. The van der Waals surface area contributed by atoms with E-state index < -0.39 is 0 Å². The molecular weight excluding hydrogens is 144 g/mol. The van der Waals surface area contributed by atoms with Gasteiger partial charge in [-0.2, -0.15) is 18.2 Å². The van der Waals surface area contributed by atoms with Crippen molar-refractivity contribution in [1.82, 2.24) is 0 Å². The van der Waals surface area contributed by atoms with E-state index in [-0.39, 0.29) is 17.1 Å². The van der Waals surface area contributed by atoms with Gasteiger partial charge in [-0.15, -0.1) is 0 Å². The molecule has 0 aliphatic carbocycles. The van der Waals surface area contributed by atoms with E-state index >= 15 is 0 Å². The van der Waals surface area contributed by atoms with E-state index in [1.807, 2.05) is 30.3 Å². The van der Waals surface area contributed by atoms with Crippen LogP contribution in [0, 0.1) is 0 Å². The van der Waals surface area contributed by atoms with Crippen LogP contribution < -0.4 is 0 Å². The molecule has 8 heavy (non-hydrogen) atoms. The van der Waals surface area contributed by atoms with Crippen LogP contribution >= 0.6 is 0 Å². The minimum absolute atomic E-state index is 0. The van der Waals surface area contributed by atoms with Crippen molar-refractivity contribution in [1.29, 1.82) is 0 Å². The van der Waals surface area contributed by atoms with Gasteiger partial charge in [-0.05, 0) is 0 Å². The van der Waals surface area contributed by atoms with Crippen LogP contribution in [0.5, 0.6) is 0 Å². The molecule has 0 aliphatic heterocycles. The van der Waals surface area contributed by atoms with Gasteiger partial charge in [0.05, 0.1) is 0 Å². The molecule has 0 amide bonds. The molecule has 44 valence electrons. The van der Waals surface area contributed by atoms with E-state index in [0.29, 0.717) is 0 Å². The molecule has 0 bridgehead atoms. The zero-order chi connectivity index (χ0) is 5.54. The van der Waals surface area contributed by atoms with Crippen molar-refractivity contribution < 1.29 is 21.9 Å². The van der Waals surface area contributed by atoms with Crippen LogP contribution in [0.25, 0.3) is 0 Å². The van der Waals surface area contributed by atoms with Crippen molar-refractivity contribution in [2.45, 2.75) is 0 Å². The Morgan fingerprint density at radius 3 is 1.62 bits per heavy atom. The van der Waals surface area contributed by atoms with Crippen molar-refractivity contribution in [2.24, 2.45) is 0 Å². The molecule has 0 heterocycles. The Balaban J connectivity index is 0. The number of hydrogen-bond acceptors (Lipinski definition) is 1. The van der Waals surface area contributed by atoms with E-state index in [0.717, 1.165) is 0 Å². The first-order valence-electron chi connectivity index (χ1n) is 1.90. The van der Waals surface area contributed by atoms with E-state index in [1.54, 1.807) is 0 Å². The Bertz CT molecular complexity index is 75.4. The van der Waals surface area contributed by atoms with Crippen LogP contribution in [0.15, 0.2) is 30.3 Å². The summed E-state index contributed by atoms with van der Waals surface area (Å²) in [6, 6.07) is 10.0. The molecule has 0 saturated heterocycles. The van der Waals surface area contributed by atoms with Crippen LogP contribution in [0.1, 0.15) is 0 Å². The van der Waals surface area contributed by atoms with Crippen LogP contribution in [0.2, 0.25) is 0 Å². The van der Waals surface area contributed by atoms with Crippen molar-refractivity contribution in [3.63, 3.8) is 0 Å². The van der Waals surface area contributed by atoms with Gasteiger partial charge in [0.25, 0.3) is 0 Å². The molecule has 0 N–H and O–H groups in total. The molecule has 1 rings (SSSR count). The first-order chi connectivity index (χ1) is 3.50. The average Bonchev–Trinajstić information content (AvgIpc) is 2.23. The van der Waals surface area contributed by atoms with Crippen molar-refractivity contribution in [3.05, 3.63) is 30.3 Å². The second-order valence-corrected chi connectivity index (χ2v) is 0.962. The smallest absolute Gasteiger partial charge is 0.545 e. The van der Waals surface area contributed by atoms with E-state index in [9.17, 15) is 0 Å². The molecule has 1 aromatic rings. The fourth-order valence-corrected chi connectivity index (χ4v) is 0.321. The summed E-state index contributed by atoms with van der Waals surface area (Å²) in [5.41, 5.74) is 0. The first-order valence-corrected chi connectivity index (χ1v) is 1.90. The van der Waals surface area contributed by atoms with Gasteiger partial charge in [0, 0.05) is 0 Å². The predicted octanol–water partition coefficient (Wildman–Crippen LogP) is 1.13. The second-order valence-electron chi connectivity index (χ2n) is 0.962. The van der Waals surface area contributed by atoms with Gasteiger partial charge >= 0.3 is 17.1 Å². The Morgan fingerprint density at radius 2 is 1.50 bits per heavy atom. The minimum Gasteiger partial charge on any atom is -0.545 e. The minimum atomic E-state index is 0. The molecule has 1 nitrogen and oxygen atoms in total. The standard InChI is InChI=1S/C5H5.CHO.Fe/c1-2-4-5-3-1;1-2;/h1-5H;1H;/q2*-1;+2. The summed E-state index contributed by atoms with van der Waals surface area (Å²) in [7, 11) is 0. The monoisotopic (exact) mass is 150 g/mol. The van der Waals surface area contributed by atoms with Gasteiger partial charge in [-0.1, -0.05) is 0 Å². The third-order valence-corrected chi connectivity index (χ3v) is 0.556. The summed E-state index contributed by atoms with van der Waals surface area (Å²) >= 11 is 0. The van der Waals surface area contributed by atoms with Gasteiger partial charge in [0.1, 0.15) is 0 Å². The van der Waals surface area contributed by atoms with Crippen molar-refractivity contribution in [3.8, 4) is 0 Å². The summed E-state index contributed by atoms with van der Waals surface area (Å²) in [6.45, 7) is 3.25. The Hall–Kier alpha value is -0.461. The molecule has 0 aliphatic rings. The van der Waals surface area contributed by atoms with Crippen LogP contribution in [0.3, 0.4) is 0 Å². The predicted molar refractivity (Wildman–Crippen MR) is 28.8 cm³/mol. The summed E-state index contributed by atoms with van der Waals surface area (Å²) in [5.74, 6) is 0. The Labute approximate surface area is 59.5 Å². The molecule has 0 saturated carbocycles. The third-order valence-electron chi connectivity index (χ3n) is 0.556. The van der Waals surface area contributed by atoms with Gasteiger partial charge in [0.15, 0.2) is 0 Å². The van der Waals surface area contributed by atoms with Gasteiger partial charge in [0.2, 0.25) is 0 Å². The average molecular weight is 150 g/mol. The largest absolute Gasteiger partial charge is 2.00 e. The summed E-state index contributed by atoms with van der Waals surface area (Å²) < 4.78 is 0. The van der Waals surface area contributed by atoms with Crippen LogP contribution in [-0.4, -0.2) is 6.79 Å². The molecule has 0 unspecified atom stereocenters. The number of carbonyl (C=O) groups excluding carboxylic acids is 1. The quantitative estimate of drug-likeness (QED) is 0.307. The van der Waals surface area contributed by atoms with Gasteiger partial charge in [-0.3, -0.25) is 6.79 Å². The van der Waals surface area contributed by atoms with E-state index in [2.05, 4.69) is 6.79 Å².